The summed E-state index contributed by atoms with van der Waals surface area (Å²) in [5, 5.41) is 6.27. The molecule has 0 bridgehead atoms. The fourth-order valence-corrected chi connectivity index (χ4v) is 3.38. The maximum absolute atomic E-state index is 12.4. The largest absolute Gasteiger partial charge is 0.467 e. The van der Waals surface area contributed by atoms with Crippen molar-refractivity contribution in [2.24, 2.45) is 0 Å². The van der Waals surface area contributed by atoms with Crippen LogP contribution in [0.5, 0.6) is 0 Å². The van der Waals surface area contributed by atoms with E-state index in [1.165, 1.54) is 11.3 Å². The number of carbonyl (C=O) groups is 2. The molecule has 3 aromatic rings. The number of thiazole rings is 1. The lowest BCUT2D eigenvalue weighted by atomic mass is 10.2. The molecule has 134 valence electrons. The Balaban J connectivity index is 1.54. The Hall–Kier alpha value is -2.93. The number of nitrogens with zero attached hydrogens (tertiary/aromatic N) is 1. The summed E-state index contributed by atoms with van der Waals surface area (Å²) >= 11 is 1.25. The summed E-state index contributed by atoms with van der Waals surface area (Å²) in [7, 11) is 0. The number of amides is 2. The van der Waals surface area contributed by atoms with E-state index in [1.807, 2.05) is 30.3 Å². The normalized spacial score (nSPS) is 10.5. The van der Waals surface area contributed by atoms with Crippen LogP contribution in [0.3, 0.4) is 0 Å². The van der Waals surface area contributed by atoms with Crippen LogP contribution in [-0.2, 0) is 24.3 Å². The van der Waals surface area contributed by atoms with Gasteiger partial charge in [0.15, 0.2) is 0 Å². The van der Waals surface area contributed by atoms with Gasteiger partial charge in [-0.25, -0.2) is 4.98 Å². The minimum atomic E-state index is -0.175. The highest BCUT2D eigenvalue weighted by Gasteiger charge is 2.17. The summed E-state index contributed by atoms with van der Waals surface area (Å²) < 4.78 is 5.17. The molecule has 6 nitrogen and oxygen atoms in total. The highest BCUT2D eigenvalue weighted by Crippen LogP contribution is 2.18. The van der Waals surface area contributed by atoms with Crippen molar-refractivity contribution in [1.29, 1.82) is 0 Å². The molecule has 0 fully saturated rings. The molecule has 0 spiro atoms. The molecule has 2 amide bonds. The van der Waals surface area contributed by atoms with Gasteiger partial charge >= 0.3 is 0 Å². The van der Waals surface area contributed by atoms with Crippen molar-refractivity contribution in [2.75, 3.05) is 0 Å². The maximum atomic E-state index is 12.4. The molecule has 2 heterocycles. The third-order valence-electron chi connectivity index (χ3n) is 3.69. The quantitative estimate of drug-likeness (QED) is 0.671. The van der Waals surface area contributed by atoms with E-state index in [9.17, 15) is 9.59 Å². The van der Waals surface area contributed by atoms with Crippen LogP contribution >= 0.6 is 11.3 Å². The average Bonchev–Trinajstić information content (AvgIpc) is 3.28. The zero-order chi connectivity index (χ0) is 18.4. The van der Waals surface area contributed by atoms with Gasteiger partial charge in [0.05, 0.1) is 24.9 Å². The summed E-state index contributed by atoms with van der Waals surface area (Å²) in [6.45, 7) is 2.56. The number of benzene rings is 1. The number of carbonyl (C=O) groups excluding carboxylic acids is 2. The predicted molar refractivity (Wildman–Crippen MR) is 98.7 cm³/mol. The van der Waals surface area contributed by atoms with E-state index in [0.717, 1.165) is 5.56 Å². The molecule has 26 heavy (non-hydrogen) atoms. The molecule has 0 aliphatic rings. The number of rotatable bonds is 7. The van der Waals surface area contributed by atoms with E-state index < -0.39 is 0 Å². The Bertz CT molecular complexity index is 873. The van der Waals surface area contributed by atoms with Gasteiger partial charge in [0, 0.05) is 6.54 Å². The Morgan fingerprint density at radius 2 is 1.88 bits per heavy atom. The van der Waals surface area contributed by atoms with E-state index >= 15 is 0 Å². The maximum Gasteiger partial charge on any atom is 0.263 e. The zero-order valence-electron chi connectivity index (χ0n) is 14.3. The van der Waals surface area contributed by atoms with Crippen LogP contribution in [0, 0.1) is 6.92 Å². The lowest BCUT2D eigenvalue weighted by Crippen LogP contribution is -2.24. The van der Waals surface area contributed by atoms with Crippen molar-refractivity contribution < 1.29 is 14.0 Å². The Morgan fingerprint density at radius 1 is 1.08 bits per heavy atom. The van der Waals surface area contributed by atoms with Gasteiger partial charge in [-0.15, -0.1) is 11.3 Å². The van der Waals surface area contributed by atoms with Gasteiger partial charge in [0.25, 0.3) is 5.91 Å². The molecular weight excluding hydrogens is 350 g/mol. The van der Waals surface area contributed by atoms with Gasteiger partial charge in [0.2, 0.25) is 5.91 Å². The highest BCUT2D eigenvalue weighted by atomic mass is 32.1. The van der Waals surface area contributed by atoms with Crippen LogP contribution in [0.2, 0.25) is 0 Å². The third-order valence-corrected chi connectivity index (χ3v) is 4.85. The first-order chi connectivity index (χ1) is 12.6. The minimum Gasteiger partial charge on any atom is -0.467 e. The predicted octanol–water partition coefficient (Wildman–Crippen LogP) is 2.83. The monoisotopic (exact) mass is 369 g/mol. The van der Waals surface area contributed by atoms with E-state index in [1.54, 1.807) is 25.3 Å². The number of hydrogen-bond donors (Lipinski definition) is 2. The first-order valence-corrected chi connectivity index (χ1v) is 9.01. The first kappa shape index (κ1) is 17.9. The van der Waals surface area contributed by atoms with Gasteiger partial charge in [-0.1, -0.05) is 30.3 Å². The molecule has 0 aliphatic carbocycles. The van der Waals surface area contributed by atoms with Gasteiger partial charge in [-0.3, -0.25) is 9.59 Å². The molecule has 0 atom stereocenters. The summed E-state index contributed by atoms with van der Waals surface area (Å²) in [6, 6.07) is 13.3. The summed E-state index contributed by atoms with van der Waals surface area (Å²) in [5.41, 5.74) is 1.66. The molecule has 0 saturated heterocycles. The Morgan fingerprint density at radius 3 is 2.62 bits per heavy atom. The molecule has 0 saturated carbocycles. The molecule has 1 aromatic carbocycles. The second-order valence-corrected chi connectivity index (χ2v) is 6.81. The standard InChI is InChI=1S/C19H19N3O3S/c1-13-18(19(24)21-11-14-6-3-2-4-7-14)26-17(22-13)10-16(23)20-12-15-8-5-9-25-15/h2-9H,10-12H2,1H3,(H,20,23)(H,21,24). The smallest absolute Gasteiger partial charge is 0.263 e. The van der Waals surface area contributed by atoms with E-state index in [2.05, 4.69) is 15.6 Å². The molecule has 0 aliphatic heterocycles. The van der Waals surface area contributed by atoms with Crippen LogP contribution in [0.25, 0.3) is 0 Å². The highest BCUT2D eigenvalue weighted by molar-refractivity contribution is 7.13. The Labute approximate surface area is 155 Å². The van der Waals surface area contributed by atoms with E-state index in [-0.39, 0.29) is 18.2 Å². The van der Waals surface area contributed by atoms with Crippen molar-refractivity contribution in [3.8, 4) is 0 Å². The van der Waals surface area contributed by atoms with Crippen LogP contribution in [-0.4, -0.2) is 16.8 Å². The van der Waals surface area contributed by atoms with Gasteiger partial charge < -0.3 is 15.1 Å². The van der Waals surface area contributed by atoms with Crippen LogP contribution in [0.1, 0.15) is 31.7 Å². The fraction of sp³-hybridized carbons (Fsp3) is 0.211. The van der Waals surface area contributed by atoms with Crippen molar-refractivity contribution >= 4 is 23.2 Å². The fourth-order valence-electron chi connectivity index (χ4n) is 2.40. The van der Waals surface area contributed by atoms with Gasteiger partial charge in [-0.2, -0.15) is 0 Å². The zero-order valence-corrected chi connectivity index (χ0v) is 15.1. The molecular formula is C19H19N3O3S. The Kier molecular flexibility index (Phi) is 5.80. The minimum absolute atomic E-state index is 0.137. The number of aryl methyl sites for hydroxylation is 1. The number of nitrogens with one attached hydrogen (secondary N) is 2. The van der Waals surface area contributed by atoms with Crippen LogP contribution < -0.4 is 10.6 Å². The van der Waals surface area contributed by atoms with Crippen molar-refractivity contribution in [3.63, 3.8) is 0 Å². The summed E-state index contributed by atoms with van der Waals surface area (Å²) in [6.07, 6.45) is 1.70. The lowest BCUT2D eigenvalue weighted by Gasteiger charge is -2.03. The number of furan rings is 1. The van der Waals surface area contributed by atoms with Crippen molar-refractivity contribution in [2.45, 2.75) is 26.4 Å². The lowest BCUT2D eigenvalue weighted by molar-refractivity contribution is -0.120. The summed E-state index contributed by atoms with van der Waals surface area (Å²) in [4.78, 5) is 29.3. The average molecular weight is 369 g/mol. The third kappa shape index (κ3) is 4.80. The molecule has 0 unspecified atom stereocenters. The molecule has 2 N–H and O–H groups in total. The van der Waals surface area contributed by atoms with Crippen LogP contribution in [0.15, 0.2) is 53.1 Å². The molecule has 2 aromatic heterocycles. The van der Waals surface area contributed by atoms with E-state index in [0.29, 0.717) is 34.4 Å². The number of aromatic nitrogens is 1. The number of hydrogen-bond acceptors (Lipinski definition) is 5. The van der Waals surface area contributed by atoms with Crippen molar-refractivity contribution in [1.82, 2.24) is 15.6 Å². The molecule has 7 heteroatoms. The second kappa shape index (κ2) is 8.44. The van der Waals surface area contributed by atoms with Crippen LogP contribution in [0.4, 0.5) is 0 Å². The van der Waals surface area contributed by atoms with Crippen molar-refractivity contribution in [3.05, 3.63) is 75.6 Å². The van der Waals surface area contributed by atoms with E-state index in [4.69, 9.17) is 4.42 Å². The van der Waals surface area contributed by atoms with Gasteiger partial charge in [0.1, 0.15) is 15.6 Å². The first-order valence-electron chi connectivity index (χ1n) is 8.19. The molecule has 0 radical (unpaired) electrons. The topological polar surface area (TPSA) is 84.2 Å². The second-order valence-electron chi connectivity index (χ2n) is 5.72. The molecule has 3 rings (SSSR count). The van der Waals surface area contributed by atoms with Gasteiger partial charge in [-0.05, 0) is 24.6 Å². The SMILES string of the molecule is Cc1nc(CC(=O)NCc2ccco2)sc1C(=O)NCc1ccccc1. The summed E-state index contributed by atoms with van der Waals surface area (Å²) in [5.74, 6) is 0.354.